The van der Waals surface area contributed by atoms with E-state index in [2.05, 4.69) is 27.8 Å². The maximum absolute atomic E-state index is 12.2. The molecule has 4 rings (SSSR count). The molecule has 0 aliphatic carbocycles. The number of hydrogen-bond donors (Lipinski definition) is 3. The van der Waals surface area contributed by atoms with E-state index in [1.807, 2.05) is 42.6 Å². The van der Waals surface area contributed by atoms with Gasteiger partial charge in [-0.3, -0.25) is 0 Å². The van der Waals surface area contributed by atoms with E-state index in [0.717, 1.165) is 27.7 Å². The average Bonchev–Trinajstić information content (AvgIpc) is 3.10. The molecule has 0 aliphatic rings. The molecule has 3 aromatic carbocycles. The molecule has 4 aromatic rings. The SMILES string of the molecule is O=C(Nc1cccc(Cl)c1)Nc1cccc(-c2cccc3[nH]ccc23)c1. The zero-order valence-electron chi connectivity index (χ0n) is 13.8. The van der Waals surface area contributed by atoms with Gasteiger partial charge in [0.25, 0.3) is 0 Å². The van der Waals surface area contributed by atoms with Crippen molar-refractivity contribution in [3.63, 3.8) is 0 Å². The van der Waals surface area contributed by atoms with Crippen LogP contribution in [0, 0.1) is 0 Å². The van der Waals surface area contributed by atoms with Crippen molar-refractivity contribution in [2.75, 3.05) is 10.6 Å². The highest BCUT2D eigenvalue weighted by atomic mass is 35.5. The summed E-state index contributed by atoms with van der Waals surface area (Å²) >= 11 is 5.94. The first-order valence-corrected chi connectivity index (χ1v) is 8.57. The van der Waals surface area contributed by atoms with Gasteiger partial charge in [-0.15, -0.1) is 0 Å². The van der Waals surface area contributed by atoms with Gasteiger partial charge in [-0.2, -0.15) is 0 Å². The van der Waals surface area contributed by atoms with Gasteiger partial charge in [-0.1, -0.05) is 41.9 Å². The van der Waals surface area contributed by atoms with E-state index in [9.17, 15) is 4.79 Å². The van der Waals surface area contributed by atoms with Gasteiger partial charge in [0.05, 0.1) is 0 Å². The molecule has 0 fully saturated rings. The molecule has 0 atom stereocenters. The van der Waals surface area contributed by atoms with Crippen LogP contribution in [-0.2, 0) is 0 Å². The molecule has 0 bridgehead atoms. The van der Waals surface area contributed by atoms with E-state index in [-0.39, 0.29) is 6.03 Å². The highest BCUT2D eigenvalue weighted by molar-refractivity contribution is 6.30. The lowest BCUT2D eigenvalue weighted by Crippen LogP contribution is -2.19. The Bertz CT molecular complexity index is 1090. The molecule has 3 N–H and O–H groups in total. The van der Waals surface area contributed by atoms with Crippen LogP contribution in [0.3, 0.4) is 0 Å². The second kappa shape index (κ2) is 6.94. The number of hydrogen-bond acceptors (Lipinski definition) is 1. The van der Waals surface area contributed by atoms with Crippen LogP contribution in [0.15, 0.2) is 79.0 Å². The van der Waals surface area contributed by atoms with Gasteiger partial charge in [0.2, 0.25) is 0 Å². The monoisotopic (exact) mass is 361 g/mol. The maximum Gasteiger partial charge on any atom is 0.323 e. The molecular weight excluding hydrogens is 346 g/mol. The summed E-state index contributed by atoms with van der Waals surface area (Å²) in [6.45, 7) is 0. The molecule has 1 heterocycles. The molecule has 2 amide bonds. The van der Waals surface area contributed by atoms with Crippen LogP contribution in [0.2, 0.25) is 5.02 Å². The number of amides is 2. The number of halogens is 1. The topological polar surface area (TPSA) is 56.9 Å². The number of carbonyl (C=O) groups is 1. The second-order valence-electron chi connectivity index (χ2n) is 5.91. The number of rotatable bonds is 3. The number of fused-ring (bicyclic) bond motifs is 1. The quantitative estimate of drug-likeness (QED) is 0.403. The van der Waals surface area contributed by atoms with Crippen molar-refractivity contribution in [3.05, 3.63) is 84.0 Å². The molecule has 0 radical (unpaired) electrons. The zero-order chi connectivity index (χ0) is 17.9. The van der Waals surface area contributed by atoms with Gasteiger partial charge in [0.15, 0.2) is 0 Å². The Labute approximate surface area is 155 Å². The lowest BCUT2D eigenvalue weighted by atomic mass is 10.0. The van der Waals surface area contributed by atoms with E-state index < -0.39 is 0 Å². The largest absolute Gasteiger partial charge is 0.361 e. The minimum absolute atomic E-state index is 0.315. The first-order chi connectivity index (χ1) is 12.7. The lowest BCUT2D eigenvalue weighted by molar-refractivity contribution is 0.262. The third-order valence-corrected chi connectivity index (χ3v) is 4.34. The summed E-state index contributed by atoms with van der Waals surface area (Å²) in [5.41, 5.74) is 4.59. The smallest absolute Gasteiger partial charge is 0.323 e. The summed E-state index contributed by atoms with van der Waals surface area (Å²) in [7, 11) is 0. The molecule has 0 saturated heterocycles. The van der Waals surface area contributed by atoms with E-state index >= 15 is 0 Å². The third kappa shape index (κ3) is 3.41. The van der Waals surface area contributed by atoms with Gasteiger partial charge in [0.1, 0.15) is 0 Å². The van der Waals surface area contributed by atoms with Gasteiger partial charge >= 0.3 is 6.03 Å². The maximum atomic E-state index is 12.2. The van der Waals surface area contributed by atoms with Crippen LogP contribution in [-0.4, -0.2) is 11.0 Å². The number of H-pyrrole nitrogens is 1. The van der Waals surface area contributed by atoms with Crippen LogP contribution in [0.1, 0.15) is 0 Å². The van der Waals surface area contributed by atoms with Crippen LogP contribution >= 0.6 is 11.6 Å². The fraction of sp³-hybridized carbons (Fsp3) is 0. The highest BCUT2D eigenvalue weighted by Gasteiger charge is 2.07. The fourth-order valence-corrected chi connectivity index (χ4v) is 3.15. The molecule has 0 aliphatic heterocycles. The number of urea groups is 1. The Kier molecular flexibility index (Phi) is 4.33. The summed E-state index contributed by atoms with van der Waals surface area (Å²) in [6.07, 6.45) is 1.93. The predicted octanol–water partition coefficient (Wildman–Crippen LogP) is 6.13. The molecule has 1 aromatic heterocycles. The van der Waals surface area contributed by atoms with Crippen molar-refractivity contribution in [1.29, 1.82) is 0 Å². The number of aromatic amines is 1. The molecular formula is C21H16ClN3O. The third-order valence-electron chi connectivity index (χ3n) is 4.11. The van der Waals surface area contributed by atoms with E-state index in [1.54, 1.807) is 24.3 Å². The number of anilines is 2. The minimum atomic E-state index is -0.315. The Morgan fingerprint density at radius 3 is 2.38 bits per heavy atom. The van der Waals surface area contributed by atoms with E-state index in [1.165, 1.54) is 0 Å². The van der Waals surface area contributed by atoms with Gasteiger partial charge in [0, 0.05) is 33.5 Å². The van der Waals surface area contributed by atoms with Crippen molar-refractivity contribution in [2.24, 2.45) is 0 Å². The summed E-state index contributed by atoms with van der Waals surface area (Å²) in [5.74, 6) is 0. The van der Waals surface area contributed by atoms with Crippen LogP contribution < -0.4 is 10.6 Å². The standard InChI is InChI=1S/C21H16ClN3O/c22-15-5-2-7-17(13-15)25-21(26)24-16-6-1-4-14(12-16)18-8-3-9-20-19(18)10-11-23-20/h1-13,23H,(H2,24,25,26). The molecule has 0 saturated carbocycles. The van der Waals surface area contributed by atoms with Crippen LogP contribution in [0.4, 0.5) is 16.2 Å². The van der Waals surface area contributed by atoms with Crippen molar-refractivity contribution >= 4 is 39.9 Å². The number of aromatic nitrogens is 1. The van der Waals surface area contributed by atoms with Crippen molar-refractivity contribution < 1.29 is 4.79 Å². The highest BCUT2D eigenvalue weighted by Crippen LogP contribution is 2.29. The molecule has 0 unspecified atom stereocenters. The first-order valence-electron chi connectivity index (χ1n) is 8.19. The summed E-state index contributed by atoms with van der Waals surface area (Å²) < 4.78 is 0. The fourth-order valence-electron chi connectivity index (χ4n) is 2.96. The average molecular weight is 362 g/mol. The van der Waals surface area contributed by atoms with Crippen LogP contribution in [0.25, 0.3) is 22.0 Å². The van der Waals surface area contributed by atoms with Gasteiger partial charge in [-0.25, -0.2) is 4.79 Å². The van der Waals surface area contributed by atoms with Crippen LogP contribution in [0.5, 0.6) is 0 Å². The molecule has 4 nitrogen and oxygen atoms in total. The van der Waals surface area contributed by atoms with Crippen molar-refractivity contribution in [2.45, 2.75) is 0 Å². The van der Waals surface area contributed by atoms with E-state index in [4.69, 9.17) is 11.6 Å². The summed E-state index contributed by atoms with van der Waals surface area (Å²) in [4.78, 5) is 15.5. The minimum Gasteiger partial charge on any atom is -0.361 e. The molecule has 26 heavy (non-hydrogen) atoms. The van der Waals surface area contributed by atoms with E-state index in [0.29, 0.717) is 10.7 Å². The lowest BCUT2D eigenvalue weighted by Gasteiger charge is -2.10. The van der Waals surface area contributed by atoms with Gasteiger partial charge in [-0.05, 0) is 53.6 Å². The normalized spacial score (nSPS) is 10.7. The molecule has 0 spiro atoms. The number of carbonyl (C=O) groups excluding carboxylic acids is 1. The molecule has 128 valence electrons. The summed E-state index contributed by atoms with van der Waals surface area (Å²) in [5, 5.41) is 7.36. The Hall–Kier alpha value is -3.24. The predicted molar refractivity (Wildman–Crippen MR) is 108 cm³/mol. The second-order valence-corrected chi connectivity index (χ2v) is 6.35. The number of benzene rings is 3. The first kappa shape index (κ1) is 16.2. The zero-order valence-corrected chi connectivity index (χ0v) is 14.5. The molecule has 5 heteroatoms. The number of nitrogens with one attached hydrogen (secondary N) is 3. The summed E-state index contributed by atoms with van der Waals surface area (Å²) in [6, 6.07) is 22.7. The van der Waals surface area contributed by atoms with Gasteiger partial charge < -0.3 is 15.6 Å². The Morgan fingerprint density at radius 1 is 0.846 bits per heavy atom. The Balaban J connectivity index is 1.56. The van der Waals surface area contributed by atoms with Crippen molar-refractivity contribution in [3.8, 4) is 11.1 Å². The Morgan fingerprint density at radius 2 is 1.58 bits per heavy atom. The van der Waals surface area contributed by atoms with Crippen molar-refractivity contribution in [1.82, 2.24) is 4.98 Å².